The fourth-order valence-electron chi connectivity index (χ4n) is 2.35. The molecule has 20 heavy (non-hydrogen) atoms. The third kappa shape index (κ3) is 2.23. The number of hydrogen-bond donors (Lipinski definition) is 1. The maximum absolute atomic E-state index is 11.6. The second-order valence-electron chi connectivity index (χ2n) is 4.64. The van der Waals surface area contributed by atoms with Gasteiger partial charge in [0.2, 0.25) is 5.91 Å². The predicted octanol–water partition coefficient (Wildman–Crippen LogP) is 0.944. The number of primary amides is 1. The lowest BCUT2D eigenvalue weighted by atomic mass is 10.2. The van der Waals surface area contributed by atoms with Crippen molar-refractivity contribution in [2.45, 2.75) is 19.4 Å². The zero-order valence-electron chi connectivity index (χ0n) is 11.2. The number of thiophene rings is 1. The van der Waals surface area contributed by atoms with Gasteiger partial charge in [0, 0.05) is 13.0 Å². The molecule has 1 saturated heterocycles. The highest BCUT2D eigenvalue weighted by atomic mass is 32.1. The Bertz CT molecular complexity index is 642. The molecule has 0 bridgehead atoms. The van der Waals surface area contributed by atoms with E-state index in [0.717, 1.165) is 28.3 Å². The lowest BCUT2D eigenvalue weighted by molar-refractivity contribution is -0.121. The molecular formula is C13H16N4O2S. The Labute approximate surface area is 120 Å². The molecule has 6 nitrogen and oxygen atoms in total. The summed E-state index contributed by atoms with van der Waals surface area (Å²) in [7, 11) is 0. The molecule has 0 aliphatic carbocycles. The van der Waals surface area contributed by atoms with Crippen LogP contribution >= 0.6 is 11.3 Å². The van der Waals surface area contributed by atoms with E-state index in [1.165, 1.54) is 0 Å². The zero-order valence-corrected chi connectivity index (χ0v) is 12.0. The number of carbonyl (C=O) groups is 1. The van der Waals surface area contributed by atoms with Crippen molar-refractivity contribution >= 4 is 33.3 Å². The maximum Gasteiger partial charge on any atom is 0.242 e. The van der Waals surface area contributed by atoms with Gasteiger partial charge in [-0.05, 0) is 11.4 Å². The molecule has 0 spiro atoms. The van der Waals surface area contributed by atoms with Crippen molar-refractivity contribution in [2.24, 2.45) is 5.73 Å². The highest BCUT2D eigenvalue weighted by Gasteiger charge is 2.30. The number of morpholine rings is 1. The van der Waals surface area contributed by atoms with Gasteiger partial charge in [-0.25, -0.2) is 9.97 Å². The Hall–Kier alpha value is -1.73. The van der Waals surface area contributed by atoms with E-state index in [9.17, 15) is 4.79 Å². The van der Waals surface area contributed by atoms with Crippen LogP contribution in [0.5, 0.6) is 0 Å². The largest absolute Gasteiger partial charge is 0.377 e. The highest BCUT2D eigenvalue weighted by Crippen LogP contribution is 2.30. The average molecular weight is 292 g/mol. The van der Waals surface area contributed by atoms with E-state index in [1.54, 1.807) is 11.3 Å². The summed E-state index contributed by atoms with van der Waals surface area (Å²) in [6.45, 7) is 3.51. The van der Waals surface area contributed by atoms with Crippen LogP contribution in [0.3, 0.4) is 0 Å². The van der Waals surface area contributed by atoms with Crippen LogP contribution in [-0.4, -0.2) is 41.7 Å². The normalized spacial score (nSPS) is 19.4. The molecule has 2 aromatic rings. The molecule has 0 saturated carbocycles. The van der Waals surface area contributed by atoms with Crippen LogP contribution in [0.15, 0.2) is 11.4 Å². The summed E-state index contributed by atoms with van der Waals surface area (Å²) in [4.78, 5) is 23.6. The van der Waals surface area contributed by atoms with Crippen LogP contribution in [-0.2, 0) is 16.0 Å². The van der Waals surface area contributed by atoms with E-state index in [4.69, 9.17) is 10.5 Å². The summed E-state index contributed by atoms with van der Waals surface area (Å²) in [6, 6.07) is 1.52. The zero-order chi connectivity index (χ0) is 14.1. The molecule has 1 aliphatic heterocycles. The van der Waals surface area contributed by atoms with E-state index >= 15 is 0 Å². The molecule has 0 unspecified atom stereocenters. The topological polar surface area (TPSA) is 81.3 Å². The average Bonchev–Trinajstić information content (AvgIpc) is 2.94. The van der Waals surface area contributed by atoms with Crippen molar-refractivity contribution < 1.29 is 9.53 Å². The summed E-state index contributed by atoms with van der Waals surface area (Å²) in [5, 5.41) is 2.96. The molecule has 0 radical (unpaired) electrons. The minimum absolute atomic E-state index is 0.312. The summed E-state index contributed by atoms with van der Waals surface area (Å²) in [5.74, 6) is 1.19. The van der Waals surface area contributed by atoms with Gasteiger partial charge in [0.25, 0.3) is 0 Å². The molecule has 1 amide bonds. The van der Waals surface area contributed by atoms with Crippen molar-refractivity contribution in [3.63, 3.8) is 0 Å². The van der Waals surface area contributed by atoms with Crippen molar-refractivity contribution in [3.8, 4) is 0 Å². The summed E-state index contributed by atoms with van der Waals surface area (Å²) in [5.41, 5.74) is 5.48. The van der Waals surface area contributed by atoms with Gasteiger partial charge in [0.1, 0.15) is 22.5 Å². The Balaban J connectivity index is 2.11. The molecule has 1 fully saturated rings. The smallest absolute Gasteiger partial charge is 0.242 e. The summed E-state index contributed by atoms with van der Waals surface area (Å²) >= 11 is 1.58. The standard InChI is InChI=1S/C13H16N4O2S/c1-2-10-15-12(8-3-6-20-13(8)16-10)17-4-5-19-7-9(17)11(14)18/h3,6,9H,2,4-5,7H2,1H3,(H2,14,18)/t9-/m1/s1. The number of ether oxygens (including phenoxy) is 1. The number of carbonyl (C=O) groups excluding carboxylic acids is 1. The quantitative estimate of drug-likeness (QED) is 0.910. The van der Waals surface area contributed by atoms with Crippen molar-refractivity contribution in [3.05, 3.63) is 17.3 Å². The fourth-order valence-corrected chi connectivity index (χ4v) is 3.13. The van der Waals surface area contributed by atoms with Gasteiger partial charge in [0.15, 0.2) is 0 Å². The van der Waals surface area contributed by atoms with Crippen LogP contribution < -0.4 is 10.6 Å². The van der Waals surface area contributed by atoms with Crippen LogP contribution in [0.25, 0.3) is 10.2 Å². The van der Waals surface area contributed by atoms with E-state index in [-0.39, 0.29) is 5.91 Å². The number of anilines is 1. The Morgan fingerprint density at radius 2 is 2.45 bits per heavy atom. The van der Waals surface area contributed by atoms with Crippen LogP contribution in [0.4, 0.5) is 5.82 Å². The van der Waals surface area contributed by atoms with E-state index < -0.39 is 6.04 Å². The minimum Gasteiger partial charge on any atom is -0.377 e. The molecule has 2 N–H and O–H groups in total. The van der Waals surface area contributed by atoms with Crippen molar-refractivity contribution in [1.29, 1.82) is 0 Å². The number of hydrogen-bond acceptors (Lipinski definition) is 6. The molecule has 3 rings (SSSR count). The first-order chi connectivity index (χ1) is 9.70. The number of nitrogens with zero attached hydrogens (tertiary/aromatic N) is 3. The number of aryl methyl sites for hydroxylation is 1. The minimum atomic E-state index is -0.466. The van der Waals surface area contributed by atoms with Crippen LogP contribution in [0.1, 0.15) is 12.7 Å². The Kier molecular flexibility index (Phi) is 3.54. The van der Waals surface area contributed by atoms with Crippen molar-refractivity contribution in [2.75, 3.05) is 24.7 Å². The summed E-state index contributed by atoms with van der Waals surface area (Å²) in [6.07, 6.45) is 0.756. The number of amides is 1. The molecule has 106 valence electrons. The molecule has 0 aromatic carbocycles. The molecule has 1 atom stereocenters. The predicted molar refractivity (Wildman–Crippen MR) is 77.9 cm³/mol. The first-order valence-corrected chi connectivity index (χ1v) is 7.46. The molecular weight excluding hydrogens is 276 g/mol. The molecule has 3 heterocycles. The lowest BCUT2D eigenvalue weighted by Crippen LogP contribution is -2.53. The van der Waals surface area contributed by atoms with Gasteiger partial charge in [-0.1, -0.05) is 6.92 Å². The maximum atomic E-state index is 11.6. The number of aromatic nitrogens is 2. The van der Waals surface area contributed by atoms with Gasteiger partial charge in [-0.15, -0.1) is 11.3 Å². The van der Waals surface area contributed by atoms with Gasteiger partial charge in [0.05, 0.1) is 18.6 Å². The summed E-state index contributed by atoms with van der Waals surface area (Å²) < 4.78 is 5.36. The molecule has 2 aromatic heterocycles. The second-order valence-corrected chi connectivity index (χ2v) is 5.54. The number of nitrogens with two attached hydrogens (primary N) is 1. The fraction of sp³-hybridized carbons (Fsp3) is 0.462. The van der Waals surface area contributed by atoms with Crippen molar-refractivity contribution in [1.82, 2.24) is 9.97 Å². The number of rotatable bonds is 3. The SMILES string of the molecule is CCc1nc(N2CCOC[C@@H]2C(N)=O)c2ccsc2n1. The van der Waals surface area contributed by atoms with Crippen LogP contribution in [0.2, 0.25) is 0 Å². The van der Waals surface area contributed by atoms with Gasteiger partial charge >= 0.3 is 0 Å². The number of fused-ring (bicyclic) bond motifs is 1. The molecule has 1 aliphatic rings. The monoisotopic (exact) mass is 292 g/mol. The van der Waals surface area contributed by atoms with E-state index in [1.807, 2.05) is 23.3 Å². The van der Waals surface area contributed by atoms with E-state index in [2.05, 4.69) is 9.97 Å². The Morgan fingerprint density at radius 3 is 3.20 bits per heavy atom. The second kappa shape index (κ2) is 5.34. The first kappa shape index (κ1) is 13.3. The Morgan fingerprint density at radius 1 is 1.60 bits per heavy atom. The third-order valence-corrected chi connectivity index (χ3v) is 4.20. The van der Waals surface area contributed by atoms with Gasteiger partial charge in [-0.3, -0.25) is 4.79 Å². The third-order valence-electron chi connectivity index (χ3n) is 3.40. The lowest BCUT2D eigenvalue weighted by Gasteiger charge is -2.34. The highest BCUT2D eigenvalue weighted by molar-refractivity contribution is 7.16. The van der Waals surface area contributed by atoms with Gasteiger partial charge < -0.3 is 15.4 Å². The molecule has 7 heteroatoms. The van der Waals surface area contributed by atoms with Gasteiger partial charge in [-0.2, -0.15) is 0 Å². The van der Waals surface area contributed by atoms with E-state index in [0.29, 0.717) is 19.8 Å². The first-order valence-electron chi connectivity index (χ1n) is 6.58. The van der Waals surface area contributed by atoms with Crippen LogP contribution in [0, 0.1) is 0 Å².